The lowest BCUT2D eigenvalue weighted by Crippen LogP contribution is -2.45. The highest BCUT2D eigenvalue weighted by molar-refractivity contribution is 5.28. The molecule has 0 aliphatic heterocycles. The molecular weight excluding hydrogens is 253 g/mol. The Morgan fingerprint density at radius 2 is 1.28 bits per heavy atom. The molecule has 1 unspecified atom stereocenters. The second-order valence-electron chi connectivity index (χ2n) is 4.42. The van der Waals surface area contributed by atoms with Gasteiger partial charge in [-0.15, -0.1) is 0 Å². The Bertz CT molecular complexity index is 394. The molecule has 2 N–H and O–H groups in total. The lowest BCUT2D eigenvalue weighted by Gasteiger charge is -2.26. The minimum atomic E-state index is -5.65. The van der Waals surface area contributed by atoms with E-state index in [1.165, 1.54) is 24.3 Å². The van der Waals surface area contributed by atoms with Crippen molar-refractivity contribution in [2.24, 2.45) is 5.73 Å². The van der Waals surface area contributed by atoms with Gasteiger partial charge in [-0.2, -0.15) is 22.0 Å². The molecule has 0 aromatic heterocycles. The zero-order valence-electron chi connectivity index (χ0n) is 9.93. The molecule has 1 aromatic carbocycles. The van der Waals surface area contributed by atoms with Gasteiger partial charge in [0.05, 0.1) is 0 Å². The Labute approximate surface area is 102 Å². The number of hydrogen-bond acceptors (Lipinski definition) is 1. The monoisotopic (exact) mass is 267 g/mol. The molecule has 1 nitrogen and oxygen atoms in total. The summed E-state index contributed by atoms with van der Waals surface area (Å²) in [6.45, 7) is 3.78. The highest BCUT2D eigenvalue weighted by Gasteiger charge is 2.61. The number of alkyl halides is 5. The number of hydrogen-bond donors (Lipinski definition) is 1. The van der Waals surface area contributed by atoms with Gasteiger partial charge in [0.25, 0.3) is 0 Å². The standard InChI is InChI=1S/C12H14F5N/c1-7(2)8-3-5-9(6-4-8)10(18)11(13,14)12(15,16)17/h3-7,10H,18H2,1-2H3. The van der Waals surface area contributed by atoms with Crippen molar-refractivity contribution < 1.29 is 22.0 Å². The topological polar surface area (TPSA) is 26.0 Å². The predicted octanol–water partition coefficient (Wildman–Crippen LogP) is 4.01. The molecular formula is C12H14F5N. The SMILES string of the molecule is CC(C)c1ccc(C(N)C(F)(F)C(F)(F)F)cc1. The molecule has 0 spiro atoms. The van der Waals surface area contributed by atoms with E-state index in [2.05, 4.69) is 0 Å². The van der Waals surface area contributed by atoms with Crippen LogP contribution in [0.25, 0.3) is 0 Å². The van der Waals surface area contributed by atoms with Gasteiger partial charge in [-0.05, 0) is 17.0 Å². The van der Waals surface area contributed by atoms with E-state index < -0.39 is 18.1 Å². The van der Waals surface area contributed by atoms with Crippen LogP contribution in [0, 0.1) is 0 Å². The molecule has 0 fully saturated rings. The molecule has 0 radical (unpaired) electrons. The van der Waals surface area contributed by atoms with Gasteiger partial charge in [-0.1, -0.05) is 38.1 Å². The van der Waals surface area contributed by atoms with Crippen LogP contribution < -0.4 is 5.73 Å². The van der Waals surface area contributed by atoms with Gasteiger partial charge in [-0.3, -0.25) is 0 Å². The summed E-state index contributed by atoms with van der Waals surface area (Å²) in [5, 5.41) is 0. The molecule has 0 heterocycles. The zero-order valence-corrected chi connectivity index (χ0v) is 9.93. The molecule has 6 heteroatoms. The van der Waals surface area contributed by atoms with Crippen LogP contribution in [-0.4, -0.2) is 12.1 Å². The maximum Gasteiger partial charge on any atom is 0.455 e. The Balaban J connectivity index is 3.01. The van der Waals surface area contributed by atoms with Crippen LogP contribution in [0.5, 0.6) is 0 Å². The summed E-state index contributed by atoms with van der Waals surface area (Å²) in [5.41, 5.74) is 5.63. The zero-order chi connectivity index (χ0) is 14.1. The molecule has 0 aliphatic carbocycles. The first-order chi connectivity index (χ1) is 8.07. The van der Waals surface area contributed by atoms with Crippen molar-refractivity contribution in [3.05, 3.63) is 35.4 Å². The lowest BCUT2D eigenvalue weighted by atomic mass is 9.96. The van der Waals surface area contributed by atoms with E-state index in [9.17, 15) is 22.0 Å². The molecule has 0 saturated carbocycles. The average Bonchev–Trinajstić information content (AvgIpc) is 2.26. The predicted molar refractivity (Wildman–Crippen MR) is 58.5 cm³/mol. The van der Waals surface area contributed by atoms with Crippen LogP contribution in [0.3, 0.4) is 0 Å². The van der Waals surface area contributed by atoms with Crippen LogP contribution in [-0.2, 0) is 0 Å². The van der Waals surface area contributed by atoms with Crippen LogP contribution in [0.1, 0.15) is 36.9 Å². The second kappa shape index (κ2) is 4.84. The first-order valence-electron chi connectivity index (χ1n) is 5.37. The highest BCUT2D eigenvalue weighted by Crippen LogP contribution is 2.43. The van der Waals surface area contributed by atoms with Gasteiger partial charge in [0.15, 0.2) is 0 Å². The molecule has 0 bridgehead atoms. The fourth-order valence-corrected chi connectivity index (χ4v) is 1.47. The van der Waals surface area contributed by atoms with Crippen molar-refractivity contribution in [2.45, 2.75) is 37.9 Å². The third-order valence-electron chi connectivity index (χ3n) is 2.73. The van der Waals surface area contributed by atoms with Crippen LogP contribution in [0.15, 0.2) is 24.3 Å². The quantitative estimate of drug-likeness (QED) is 0.823. The van der Waals surface area contributed by atoms with E-state index in [-0.39, 0.29) is 11.5 Å². The van der Waals surface area contributed by atoms with Crippen molar-refractivity contribution in [3.8, 4) is 0 Å². The molecule has 0 aliphatic rings. The van der Waals surface area contributed by atoms with Gasteiger partial charge in [-0.25, -0.2) is 0 Å². The van der Waals surface area contributed by atoms with Crippen molar-refractivity contribution in [1.82, 2.24) is 0 Å². The molecule has 0 saturated heterocycles. The maximum atomic E-state index is 13.0. The summed E-state index contributed by atoms with van der Waals surface area (Å²) in [6, 6.07) is 3.04. The van der Waals surface area contributed by atoms with E-state index in [1.54, 1.807) is 0 Å². The average molecular weight is 267 g/mol. The third-order valence-corrected chi connectivity index (χ3v) is 2.73. The molecule has 1 atom stereocenters. The smallest absolute Gasteiger partial charge is 0.319 e. The Hall–Kier alpha value is -1.17. The van der Waals surface area contributed by atoms with Crippen LogP contribution in [0.4, 0.5) is 22.0 Å². The maximum absolute atomic E-state index is 13.0. The van der Waals surface area contributed by atoms with Crippen molar-refractivity contribution in [3.63, 3.8) is 0 Å². The summed E-state index contributed by atoms with van der Waals surface area (Å²) in [7, 11) is 0. The largest absolute Gasteiger partial charge is 0.455 e. The summed E-state index contributed by atoms with van der Waals surface area (Å²) >= 11 is 0. The van der Waals surface area contributed by atoms with Crippen molar-refractivity contribution in [1.29, 1.82) is 0 Å². The minimum absolute atomic E-state index is 0.165. The minimum Gasteiger partial charge on any atom is -0.319 e. The van der Waals surface area contributed by atoms with Gasteiger partial charge < -0.3 is 5.73 Å². The van der Waals surface area contributed by atoms with E-state index in [0.29, 0.717) is 0 Å². The fourth-order valence-electron chi connectivity index (χ4n) is 1.47. The Kier molecular flexibility index (Phi) is 4.00. The normalized spacial score (nSPS) is 14.9. The third kappa shape index (κ3) is 2.80. The number of rotatable bonds is 3. The molecule has 1 aromatic rings. The van der Waals surface area contributed by atoms with Crippen LogP contribution in [0.2, 0.25) is 0 Å². The number of nitrogens with two attached hydrogens (primary N) is 1. The lowest BCUT2D eigenvalue weighted by molar-refractivity contribution is -0.291. The Morgan fingerprint density at radius 3 is 1.61 bits per heavy atom. The summed E-state index contributed by atoms with van der Waals surface area (Å²) < 4.78 is 62.5. The number of halogens is 5. The van der Waals surface area contributed by atoms with Gasteiger partial charge >= 0.3 is 12.1 Å². The van der Waals surface area contributed by atoms with E-state index in [1.807, 2.05) is 13.8 Å². The molecule has 102 valence electrons. The summed E-state index contributed by atoms with van der Waals surface area (Å²) in [4.78, 5) is 0. The molecule has 0 amide bonds. The molecule has 1 rings (SSSR count). The van der Waals surface area contributed by atoms with Crippen molar-refractivity contribution >= 4 is 0 Å². The van der Waals surface area contributed by atoms with Gasteiger partial charge in [0, 0.05) is 0 Å². The first kappa shape index (κ1) is 14.9. The fraction of sp³-hybridized carbons (Fsp3) is 0.500. The van der Waals surface area contributed by atoms with Gasteiger partial charge in [0.1, 0.15) is 6.04 Å². The Morgan fingerprint density at radius 1 is 0.889 bits per heavy atom. The molecule has 18 heavy (non-hydrogen) atoms. The summed E-state index contributed by atoms with van der Waals surface area (Å²) in [5.74, 6) is -4.77. The first-order valence-corrected chi connectivity index (χ1v) is 5.37. The van der Waals surface area contributed by atoms with Gasteiger partial charge in [0.2, 0.25) is 0 Å². The van der Waals surface area contributed by atoms with E-state index in [4.69, 9.17) is 5.73 Å². The number of benzene rings is 1. The highest BCUT2D eigenvalue weighted by atomic mass is 19.4. The van der Waals surface area contributed by atoms with Crippen LogP contribution >= 0.6 is 0 Å². The summed E-state index contributed by atoms with van der Waals surface area (Å²) in [6.07, 6.45) is -5.65. The van der Waals surface area contributed by atoms with E-state index >= 15 is 0 Å². The second-order valence-corrected chi connectivity index (χ2v) is 4.42. The van der Waals surface area contributed by atoms with Crippen molar-refractivity contribution in [2.75, 3.05) is 0 Å². The van der Waals surface area contributed by atoms with E-state index in [0.717, 1.165) is 5.56 Å².